The Bertz CT molecular complexity index is 1080. The van der Waals surface area contributed by atoms with Gasteiger partial charge in [0.2, 0.25) is 5.91 Å². The van der Waals surface area contributed by atoms with E-state index in [9.17, 15) is 4.79 Å². The summed E-state index contributed by atoms with van der Waals surface area (Å²) < 4.78 is 5.30. The van der Waals surface area contributed by atoms with Crippen molar-refractivity contribution in [2.24, 2.45) is 0 Å². The van der Waals surface area contributed by atoms with Crippen LogP contribution in [0.3, 0.4) is 0 Å². The zero-order chi connectivity index (χ0) is 21.9. The first-order chi connectivity index (χ1) is 15.7. The number of ether oxygens (including phenoxy) is 1. The molecule has 0 bridgehead atoms. The Morgan fingerprint density at radius 2 is 1.81 bits per heavy atom. The highest BCUT2D eigenvalue weighted by Gasteiger charge is 2.40. The average Bonchev–Trinajstić information content (AvgIpc) is 3.21. The summed E-state index contributed by atoms with van der Waals surface area (Å²) in [6.07, 6.45) is 6.81. The minimum atomic E-state index is 0.271. The first-order valence-corrected chi connectivity index (χ1v) is 11.7. The van der Waals surface area contributed by atoms with Crippen LogP contribution in [0, 0.1) is 0 Å². The van der Waals surface area contributed by atoms with E-state index in [0.29, 0.717) is 24.9 Å². The van der Waals surface area contributed by atoms with Crippen molar-refractivity contribution >= 4 is 16.8 Å². The zero-order valence-electron chi connectivity index (χ0n) is 18.7. The molecular weight excluding hydrogens is 398 g/mol. The normalized spacial score (nSPS) is 21.9. The van der Waals surface area contributed by atoms with Gasteiger partial charge in [-0.25, -0.2) is 0 Å². The van der Waals surface area contributed by atoms with Crippen molar-refractivity contribution in [3.8, 4) is 5.75 Å². The molecule has 2 aliphatic heterocycles. The maximum Gasteiger partial charge on any atom is 0.223 e. The molecule has 5 heteroatoms. The maximum absolute atomic E-state index is 13.1. The fourth-order valence-corrected chi connectivity index (χ4v) is 5.44. The minimum Gasteiger partial charge on any atom is -0.497 e. The Hall–Kier alpha value is -2.92. The number of hydrogen-bond donors (Lipinski definition) is 0. The molecule has 0 unspecified atom stereocenters. The van der Waals surface area contributed by atoms with Crippen molar-refractivity contribution < 1.29 is 9.53 Å². The number of rotatable bonds is 5. The van der Waals surface area contributed by atoms with Gasteiger partial charge in [-0.1, -0.05) is 42.8 Å². The first kappa shape index (κ1) is 21.0. The predicted octanol–water partition coefficient (Wildman–Crippen LogP) is 4.79. The van der Waals surface area contributed by atoms with Crippen LogP contribution in [0.4, 0.5) is 0 Å². The van der Waals surface area contributed by atoms with Gasteiger partial charge in [-0.05, 0) is 48.6 Å². The average molecular weight is 430 g/mol. The second-order valence-corrected chi connectivity index (χ2v) is 9.00. The molecule has 2 saturated heterocycles. The molecule has 0 N–H and O–H groups in total. The van der Waals surface area contributed by atoms with Crippen LogP contribution < -0.4 is 4.74 Å². The molecule has 3 heterocycles. The van der Waals surface area contributed by atoms with Gasteiger partial charge in [0, 0.05) is 49.7 Å². The third-order valence-corrected chi connectivity index (χ3v) is 7.09. The number of para-hydroxylation sites is 1. The van der Waals surface area contributed by atoms with Crippen molar-refractivity contribution in [3.63, 3.8) is 0 Å². The van der Waals surface area contributed by atoms with Crippen LogP contribution >= 0.6 is 0 Å². The van der Waals surface area contributed by atoms with Crippen LogP contribution in [0.5, 0.6) is 5.75 Å². The number of carbonyl (C=O) groups excluding carboxylic acids is 1. The van der Waals surface area contributed by atoms with E-state index in [1.165, 1.54) is 10.9 Å². The summed E-state index contributed by atoms with van der Waals surface area (Å²) in [5.41, 5.74) is 3.53. The Labute approximate surface area is 190 Å². The van der Waals surface area contributed by atoms with Crippen molar-refractivity contribution in [2.75, 3.05) is 13.7 Å². The van der Waals surface area contributed by atoms with E-state index in [1.54, 1.807) is 7.11 Å². The summed E-state index contributed by atoms with van der Waals surface area (Å²) in [4.78, 5) is 22.6. The fourth-order valence-electron chi connectivity index (χ4n) is 5.44. The van der Waals surface area contributed by atoms with Crippen molar-refractivity contribution in [1.82, 2.24) is 14.8 Å². The Kier molecular flexibility index (Phi) is 6.08. The van der Waals surface area contributed by atoms with Gasteiger partial charge in [0.15, 0.2) is 0 Å². The quantitative estimate of drug-likeness (QED) is 0.585. The van der Waals surface area contributed by atoms with Crippen LogP contribution in [0.1, 0.15) is 43.2 Å². The van der Waals surface area contributed by atoms with E-state index < -0.39 is 0 Å². The van der Waals surface area contributed by atoms with Crippen LogP contribution in [0.2, 0.25) is 0 Å². The van der Waals surface area contributed by atoms with Gasteiger partial charge in [-0.3, -0.25) is 14.7 Å². The zero-order valence-corrected chi connectivity index (χ0v) is 18.7. The highest BCUT2D eigenvalue weighted by Crippen LogP contribution is 2.33. The summed E-state index contributed by atoms with van der Waals surface area (Å²) in [6, 6.07) is 19.4. The molecule has 2 aliphatic rings. The molecule has 3 aromatic rings. The Morgan fingerprint density at radius 1 is 0.969 bits per heavy atom. The SMILES string of the molecule is COc1ccc(CN2C(=O)CCCC[C@@H]3[C@@H]2CCN3Cc2cccc3cccnc23)cc1. The lowest BCUT2D eigenvalue weighted by molar-refractivity contribution is -0.135. The number of methoxy groups -OCH3 is 1. The number of nitrogens with zero attached hydrogens (tertiary/aromatic N) is 3. The van der Waals surface area contributed by atoms with Crippen molar-refractivity contribution in [3.05, 3.63) is 71.9 Å². The van der Waals surface area contributed by atoms with Gasteiger partial charge in [-0.2, -0.15) is 0 Å². The minimum absolute atomic E-state index is 0.271. The highest BCUT2D eigenvalue weighted by atomic mass is 16.5. The predicted molar refractivity (Wildman–Crippen MR) is 126 cm³/mol. The number of likely N-dealkylation sites (tertiary alicyclic amines) is 2. The first-order valence-electron chi connectivity index (χ1n) is 11.7. The van der Waals surface area contributed by atoms with Crippen molar-refractivity contribution in [2.45, 2.75) is 57.3 Å². The number of benzene rings is 2. The molecule has 2 aromatic carbocycles. The number of aromatic nitrogens is 1. The second-order valence-electron chi connectivity index (χ2n) is 9.00. The van der Waals surface area contributed by atoms with E-state index in [1.807, 2.05) is 24.4 Å². The maximum atomic E-state index is 13.1. The molecule has 32 heavy (non-hydrogen) atoms. The van der Waals surface area contributed by atoms with E-state index >= 15 is 0 Å². The van der Waals surface area contributed by atoms with Gasteiger partial charge in [0.25, 0.3) is 0 Å². The molecule has 1 amide bonds. The molecule has 1 aromatic heterocycles. The van der Waals surface area contributed by atoms with Gasteiger partial charge >= 0.3 is 0 Å². The van der Waals surface area contributed by atoms with Gasteiger partial charge in [0.05, 0.1) is 12.6 Å². The molecule has 2 fully saturated rings. The van der Waals surface area contributed by atoms with Crippen molar-refractivity contribution in [1.29, 1.82) is 0 Å². The summed E-state index contributed by atoms with van der Waals surface area (Å²) in [5.74, 6) is 1.14. The number of pyridine rings is 1. The number of carbonyl (C=O) groups is 1. The summed E-state index contributed by atoms with van der Waals surface area (Å²) >= 11 is 0. The monoisotopic (exact) mass is 429 g/mol. The Balaban J connectivity index is 1.38. The molecule has 0 saturated carbocycles. The third-order valence-electron chi connectivity index (χ3n) is 7.09. The summed E-state index contributed by atoms with van der Waals surface area (Å²) in [5, 5.41) is 1.19. The number of amides is 1. The van der Waals surface area contributed by atoms with Gasteiger partial charge < -0.3 is 9.64 Å². The van der Waals surface area contributed by atoms with Crippen LogP contribution in [-0.2, 0) is 17.9 Å². The molecule has 5 nitrogen and oxygen atoms in total. The lowest BCUT2D eigenvalue weighted by Gasteiger charge is -2.37. The fraction of sp³-hybridized carbons (Fsp3) is 0.407. The van der Waals surface area contributed by atoms with E-state index in [4.69, 9.17) is 4.74 Å². The summed E-state index contributed by atoms with van der Waals surface area (Å²) in [6.45, 7) is 2.58. The Morgan fingerprint density at radius 3 is 2.66 bits per heavy atom. The van der Waals surface area contributed by atoms with E-state index in [2.05, 4.69) is 51.2 Å². The van der Waals surface area contributed by atoms with Gasteiger partial charge in [-0.15, -0.1) is 0 Å². The molecule has 0 spiro atoms. The largest absolute Gasteiger partial charge is 0.497 e. The van der Waals surface area contributed by atoms with E-state index in [0.717, 1.165) is 55.6 Å². The highest BCUT2D eigenvalue weighted by molar-refractivity contribution is 5.81. The third kappa shape index (κ3) is 4.22. The van der Waals surface area contributed by atoms with Crippen LogP contribution in [0.15, 0.2) is 60.8 Å². The topological polar surface area (TPSA) is 45.7 Å². The molecular formula is C27H31N3O2. The second kappa shape index (κ2) is 9.29. The standard InChI is InChI=1S/C27H31N3O2/c1-32-23-13-11-20(12-14-23)18-30-25-15-17-29(24(25)9-2-3-10-26(30)31)19-22-7-4-6-21-8-5-16-28-27(21)22/h4-8,11-14,16,24-25H,2-3,9-10,15,17-19H2,1H3/t24-,25+/m1/s1. The number of hydrogen-bond acceptors (Lipinski definition) is 4. The molecule has 5 rings (SSSR count). The molecule has 166 valence electrons. The molecule has 2 atom stereocenters. The van der Waals surface area contributed by atoms with E-state index in [-0.39, 0.29) is 6.04 Å². The molecule has 0 aliphatic carbocycles. The van der Waals surface area contributed by atoms with Crippen LogP contribution in [0.25, 0.3) is 10.9 Å². The lowest BCUT2D eigenvalue weighted by Crippen LogP contribution is -2.48. The number of fused-ring (bicyclic) bond motifs is 2. The lowest BCUT2D eigenvalue weighted by atomic mass is 9.96. The van der Waals surface area contributed by atoms with Gasteiger partial charge in [0.1, 0.15) is 5.75 Å². The van der Waals surface area contributed by atoms with Crippen LogP contribution in [-0.4, -0.2) is 46.4 Å². The smallest absolute Gasteiger partial charge is 0.223 e. The summed E-state index contributed by atoms with van der Waals surface area (Å²) in [7, 11) is 1.68. The molecule has 0 radical (unpaired) electrons.